The summed E-state index contributed by atoms with van der Waals surface area (Å²) in [5.74, 6) is 0. The minimum absolute atomic E-state index is 0.437. The topological polar surface area (TPSA) is 82.1 Å². The summed E-state index contributed by atoms with van der Waals surface area (Å²) in [6.07, 6.45) is 0.383. The van der Waals surface area contributed by atoms with Crippen molar-refractivity contribution >= 4 is 0 Å². The summed E-state index contributed by atoms with van der Waals surface area (Å²) in [5.41, 5.74) is 0.437. The summed E-state index contributed by atoms with van der Waals surface area (Å²) in [6.45, 7) is 0. The zero-order valence-electron chi connectivity index (χ0n) is 6.55. The Morgan fingerprint density at radius 1 is 1.67 bits per heavy atom. The van der Waals surface area contributed by atoms with E-state index in [4.69, 9.17) is 10.4 Å². The quantitative estimate of drug-likeness (QED) is 0.573. The Labute approximate surface area is 69.5 Å². The van der Waals surface area contributed by atoms with Crippen molar-refractivity contribution in [1.29, 1.82) is 5.26 Å². The maximum atomic E-state index is 9.28. The van der Waals surface area contributed by atoms with E-state index in [1.54, 1.807) is 19.3 Å². The molecular weight excluding hydrogens is 158 g/mol. The van der Waals surface area contributed by atoms with Crippen LogP contribution in [0.3, 0.4) is 0 Å². The fourth-order valence-electron chi connectivity index (χ4n) is 0.846. The van der Waals surface area contributed by atoms with E-state index in [0.717, 1.165) is 0 Å². The number of nitriles is 1. The first kappa shape index (κ1) is 8.71. The minimum Gasteiger partial charge on any atom is -0.384 e. The Kier molecular flexibility index (Phi) is 2.43. The first-order chi connectivity index (χ1) is 5.65. The van der Waals surface area contributed by atoms with Crippen LogP contribution in [0, 0.1) is 11.3 Å². The molecule has 5 nitrogen and oxygen atoms in total. The Morgan fingerprint density at radius 3 is 2.75 bits per heavy atom. The number of hydrogen-bond donors (Lipinski definition) is 2. The van der Waals surface area contributed by atoms with Gasteiger partial charge in [-0.1, -0.05) is 0 Å². The average molecular weight is 167 g/mol. The molecule has 2 unspecified atom stereocenters. The van der Waals surface area contributed by atoms with Crippen LogP contribution in [-0.2, 0) is 7.05 Å². The molecule has 1 aromatic rings. The predicted molar refractivity (Wildman–Crippen MR) is 39.8 cm³/mol. The van der Waals surface area contributed by atoms with Crippen LogP contribution in [0.2, 0.25) is 0 Å². The van der Waals surface area contributed by atoms with Gasteiger partial charge in [-0.2, -0.15) is 10.4 Å². The van der Waals surface area contributed by atoms with Gasteiger partial charge < -0.3 is 10.2 Å². The molecule has 0 saturated heterocycles. The van der Waals surface area contributed by atoms with Crippen LogP contribution in [-0.4, -0.2) is 26.1 Å². The van der Waals surface area contributed by atoms with Crippen molar-refractivity contribution in [3.05, 3.63) is 18.0 Å². The van der Waals surface area contributed by atoms with E-state index in [2.05, 4.69) is 5.10 Å². The number of nitrogens with zero attached hydrogens (tertiary/aromatic N) is 3. The number of aromatic nitrogens is 2. The first-order valence-corrected chi connectivity index (χ1v) is 3.39. The van der Waals surface area contributed by atoms with Crippen LogP contribution in [0.25, 0.3) is 0 Å². The summed E-state index contributed by atoms with van der Waals surface area (Å²) in [7, 11) is 1.69. The molecule has 1 heterocycles. The van der Waals surface area contributed by atoms with Gasteiger partial charge in [0.25, 0.3) is 0 Å². The van der Waals surface area contributed by atoms with Gasteiger partial charge in [-0.15, -0.1) is 0 Å². The fourth-order valence-corrected chi connectivity index (χ4v) is 0.846. The monoisotopic (exact) mass is 167 g/mol. The Bertz CT molecular complexity index is 302. The van der Waals surface area contributed by atoms with Gasteiger partial charge in [-0.3, -0.25) is 4.68 Å². The fraction of sp³-hybridized carbons (Fsp3) is 0.429. The molecule has 1 aromatic heterocycles. The van der Waals surface area contributed by atoms with Crippen LogP contribution in [0.4, 0.5) is 0 Å². The van der Waals surface area contributed by atoms with E-state index in [1.165, 1.54) is 10.9 Å². The molecule has 0 aliphatic carbocycles. The van der Waals surface area contributed by atoms with Gasteiger partial charge in [0.15, 0.2) is 6.10 Å². The molecule has 5 heteroatoms. The largest absolute Gasteiger partial charge is 0.384 e. The molecule has 1 rings (SSSR count). The van der Waals surface area contributed by atoms with Gasteiger partial charge in [-0.25, -0.2) is 0 Å². The molecule has 0 saturated carbocycles. The van der Waals surface area contributed by atoms with E-state index in [9.17, 15) is 5.11 Å². The zero-order valence-corrected chi connectivity index (χ0v) is 6.55. The van der Waals surface area contributed by atoms with Crippen LogP contribution in [0.1, 0.15) is 11.7 Å². The molecular formula is C7H9N3O2. The molecule has 0 spiro atoms. The van der Waals surface area contributed by atoms with E-state index < -0.39 is 12.2 Å². The molecule has 0 radical (unpaired) electrons. The third-order valence-electron chi connectivity index (χ3n) is 1.50. The third kappa shape index (κ3) is 1.61. The molecule has 12 heavy (non-hydrogen) atoms. The van der Waals surface area contributed by atoms with Crippen molar-refractivity contribution in [1.82, 2.24) is 9.78 Å². The summed E-state index contributed by atoms with van der Waals surface area (Å²) >= 11 is 0. The second kappa shape index (κ2) is 3.34. The highest BCUT2D eigenvalue weighted by molar-refractivity contribution is 5.12. The minimum atomic E-state index is -1.39. The molecule has 0 fully saturated rings. The second-order valence-electron chi connectivity index (χ2n) is 2.47. The van der Waals surface area contributed by atoms with Gasteiger partial charge in [0.2, 0.25) is 0 Å². The lowest BCUT2D eigenvalue weighted by Crippen LogP contribution is -2.15. The number of hydrogen-bond acceptors (Lipinski definition) is 4. The van der Waals surface area contributed by atoms with Crippen LogP contribution >= 0.6 is 0 Å². The standard InChI is InChI=1S/C7H9N3O2/c1-10-4-5(3-9-10)7(12)6(11)2-8/h3-4,6-7,11-12H,1H3. The van der Waals surface area contributed by atoms with Crippen molar-refractivity contribution in [2.24, 2.45) is 7.05 Å². The summed E-state index contributed by atoms with van der Waals surface area (Å²) in [4.78, 5) is 0. The molecule has 2 N–H and O–H groups in total. The van der Waals surface area contributed by atoms with Crippen molar-refractivity contribution in [2.75, 3.05) is 0 Å². The molecule has 64 valence electrons. The molecule has 0 aliphatic rings. The second-order valence-corrected chi connectivity index (χ2v) is 2.47. The molecule has 0 amide bonds. The molecule has 0 aliphatic heterocycles. The highest BCUT2D eigenvalue weighted by Gasteiger charge is 2.18. The van der Waals surface area contributed by atoms with Crippen LogP contribution in [0.5, 0.6) is 0 Å². The highest BCUT2D eigenvalue weighted by atomic mass is 16.3. The molecule has 0 bridgehead atoms. The van der Waals surface area contributed by atoms with E-state index in [1.807, 2.05) is 0 Å². The van der Waals surface area contributed by atoms with Crippen molar-refractivity contribution in [3.63, 3.8) is 0 Å². The summed E-state index contributed by atoms with van der Waals surface area (Å²) < 4.78 is 1.49. The Morgan fingerprint density at radius 2 is 2.33 bits per heavy atom. The molecule has 2 atom stereocenters. The smallest absolute Gasteiger partial charge is 0.170 e. The molecule has 0 aromatic carbocycles. The van der Waals surface area contributed by atoms with Gasteiger partial charge in [-0.05, 0) is 0 Å². The predicted octanol–water partition coefficient (Wildman–Crippen LogP) is -0.662. The van der Waals surface area contributed by atoms with Crippen molar-refractivity contribution in [3.8, 4) is 6.07 Å². The number of aryl methyl sites for hydroxylation is 1. The summed E-state index contributed by atoms with van der Waals surface area (Å²) in [6, 6.07) is 1.54. The van der Waals surface area contributed by atoms with E-state index >= 15 is 0 Å². The lowest BCUT2D eigenvalue weighted by molar-refractivity contribution is 0.0527. The SMILES string of the molecule is Cn1cc(C(O)C(O)C#N)cn1. The number of rotatable bonds is 2. The Hall–Kier alpha value is -1.38. The lowest BCUT2D eigenvalue weighted by atomic mass is 10.1. The third-order valence-corrected chi connectivity index (χ3v) is 1.50. The van der Waals surface area contributed by atoms with Crippen molar-refractivity contribution in [2.45, 2.75) is 12.2 Å². The average Bonchev–Trinajstić information content (AvgIpc) is 2.49. The van der Waals surface area contributed by atoms with Gasteiger partial charge >= 0.3 is 0 Å². The van der Waals surface area contributed by atoms with Crippen LogP contribution in [0.15, 0.2) is 12.4 Å². The van der Waals surface area contributed by atoms with Gasteiger partial charge in [0, 0.05) is 18.8 Å². The zero-order chi connectivity index (χ0) is 9.14. The van der Waals surface area contributed by atoms with E-state index in [-0.39, 0.29) is 0 Å². The normalized spacial score (nSPS) is 15.2. The maximum absolute atomic E-state index is 9.28. The van der Waals surface area contributed by atoms with E-state index in [0.29, 0.717) is 5.56 Å². The lowest BCUT2D eigenvalue weighted by Gasteiger charge is -2.07. The number of aliphatic hydroxyl groups is 2. The van der Waals surface area contributed by atoms with Gasteiger partial charge in [0.05, 0.1) is 12.3 Å². The Balaban J connectivity index is 2.79. The van der Waals surface area contributed by atoms with Gasteiger partial charge in [0.1, 0.15) is 6.10 Å². The van der Waals surface area contributed by atoms with Crippen molar-refractivity contribution < 1.29 is 10.2 Å². The number of aliphatic hydroxyl groups excluding tert-OH is 2. The first-order valence-electron chi connectivity index (χ1n) is 3.39. The highest BCUT2D eigenvalue weighted by Crippen LogP contribution is 2.14. The maximum Gasteiger partial charge on any atom is 0.170 e. The summed E-state index contributed by atoms with van der Waals surface area (Å²) in [5, 5.41) is 30.3. The van der Waals surface area contributed by atoms with Crippen LogP contribution < -0.4 is 0 Å².